The average Bonchev–Trinajstić information content (AvgIpc) is 2.68. The number of methoxy groups -OCH3 is 1. The summed E-state index contributed by atoms with van der Waals surface area (Å²) >= 11 is 0. The van der Waals surface area contributed by atoms with Crippen LogP contribution in [0.2, 0.25) is 0 Å². The smallest absolute Gasteiger partial charge is 0.269 e. The number of hydrogen-bond acceptors (Lipinski definition) is 4. The van der Waals surface area contributed by atoms with Crippen molar-refractivity contribution in [2.45, 2.75) is 33.1 Å². The number of carbonyl (C=O) groups is 1. The summed E-state index contributed by atoms with van der Waals surface area (Å²) in [6.07, 6.45) is 4.73. The Morgan fingerprint density at radius 1 is 1.15 bits per heavy atom. The van der Waals surface area contributed by atoms with Gasteiger partial charge in [-0.05, 0) is 49.1 Å². The predicted molar refractivity (Wildman–Crippen MR) is 106 cm³/mol. The molecule has 5 heteroatoms. The van der Waals surface area contributed by atoms with E-state index in [9.17, 15) is 4.79 Å². The van der Waals surface area contributed by atoms with Crippen LogP contribution in [-0.2, 0) is 6.42 Å². The van der Waals surface area contributed by atoms with Crippen molar-refractivity contribution in [3.63, 3.8) is 0 Å². The van der Waals surface area contributed by atoms with Crippen LogP contribution >= 0.6 is 0 Å². The van der Waals surface area contributed by atoms with E-state index >= 15 is 0 Å². The lowest BCUT2D eigenvalue weighted by atomic mass is 10.1. The van der Waals surface area contributed by atoms with Crippen molar-refractivity contribution in [2.24, 2.45) is 0 Å². The molecule has 0 aliphatic heterocycles. The summed E-state index contributed by atoms with van der Waals surface area (Å²) in [6, 6.07) is 11.7. The monoisotopic (exact) mass is 355 g/mol. The Balaban J connectivity index is 1.88. The topological polar surface area (TPSA) is 54.5 Å². The highest BCUT2D eigenvalue weighted by Gasteiger charge is 2.09. The third-order valence-electron chi connectivity index (χ3n) is 4.17. The third-order valence-corrected chi connectivity index (χ3v) is 4.17. The minimum atomic E-state index is -0.142. The molecule has 0 fully saturated rings. The number of amides is 1. The predicted octanol–water partition coefficient (Wildman–Crippen LogP) is 3.69. The molecule has 0 saturated heterocycles. The van der Waals surface area contributed by atoms with Crippen LogP contribution in [0.3, 0.4) is 0 Å². The molecule has 0 bridgehead atoms. The fraction of sp³-hybridized carbons (Fsp3) is 0.429. The lowest BCUT2D eigenvalue weighted by Gasteiger charge is -2.23. The van der Waals surface area contributed by atoms with Crippen LogP contribution in [0.15, 0.2) is 42.6 Å². The number of ether oxygens (including phenoxy) is 1. The van der Waals surface area contributed by atoms with Crippen LogP contribution in [0.25, 0.3) is 0 Å². The van der Waals surface area contributed by atoms with Gasteiger partial charge in [0.2, 0.25) is 0 Å². The van der Waals surface area contributed by atoms with E-state index in [1.807, 2.05) is 30.3 Å². The number of benzene rings is 1. The Morgan fingerprint density at radius 2 is 1.92 bits per heavy atom. The van der Waals surface area contributed by atoms with Gasteiger partial charge >= 0.3 is 0 Å². The number of anilines is 1. The normalized spacial score (nSPS) is 10.4. The number of carbonyl (C=O) groups excluding carboxylic acids is 1. The van der Waals surface area contributed by atoms with Gasteiger partial charge in [-0.25, -0.2) is 4.98 Å². The Hall–Kier alpha value is -2.56. The van der Waals surface area contributed by atoms with Gasteiger partial charge in [-0.1, -0.05) is 26.0 Å². The molecule has 0 saturated carbocycles. The molecule has 1 aromatic carbocycles. The Kier molecular flexibility index (Phi) is 7.93. The molecule has 1 N–H and O–H groups in total. The molecular formula is C21H29N3O2. The van der Waals surface area contributed by atoms with Crippen LogP contribution in [0.5, 0.6) is 5.75 Å². The zero-order valence-electron chi connectivity index (χ0n) is 16.0. The highest BCUT2D eigenvalue weighted by molar-refractivity contribution is 5.92. The summed E-state index contributed by atoms with van der Waals surface area (Å²) in [6.45, 7) is 6.90. The molecule has 0 aliphatic carbocycles. The van der Waals surface area contributed by atoms with E-state index in [-0.39, 0.29) is 5.91 Å². The standard InChI is InChI=1S/C21H29N3O2/c1-4-13-24(14-5-2)18-9-10-20(23-16-18)21(25)22-12-11-17-7-6-8-19(15-17)26-3/h6-10,15-16H,4-5,11-14H2,1-3H3,(H,22,25). The van der Waals surface area contributed by atoms with Crippen molar-refractivity contribution in [3.8, 4) is 5.75 Å². The van der Waals surface area contributed by atoms with E-state index < -0.39 is 0 Å². The lowest BCUT2D eigenvalue weighted by Crippen LogP contribution is -2.27. The van der Waals surface area contributed by atoms with E-state index in [1.54, 1.807) is 19.4 Å². The second kappa shape index (κ2) is 10.4. The summed E-state index contributed by atoms with van der Waals surface area (Å²) < 4.78 is 5.22. The summed E-state index contributed by atoms with van der Waals surface area (Å²) in [4.78, 5) is 18.9. The molecule has 1 aromatic heterocycles. The van der Waals surface area contributed by atoms with Gasteiger partial charge < -0.3 is 15.0 Å². The first kappa shape index (κ1) is 19.8. The van der Waals surface area contributed by atoms with Gasteiger partial charge in [-0.2, -0.15) is 0 Å². The van der Waals surface area contributed by atoms with E-state index in [0.717, 1.165) is 49.4 Å². The van der Waals surface area contributed by atoms with Gasteiger partial charge in [0.1, 0.15) is 11.4 Å². The zero-order chi connectivity index (χ0) is 18.8. The molecule has 0 atom stereocenters. The van der Waals surface area contributed by atoms with Crippen LogP contribution < -0.4 is 15.0 Å². The van der Waals surface area contributed by atoms with E-state index in [0.29, 0.717) is 12.2 Å². The van der Waals surface area contributed by atoms with Gasteiger partial charge in [0, 0.05) is 19.6 Å². The first-order valence-corrected chi connectivity index (χ1v) is 9.30. The molecule has 0 aliphatic rings. The molecular weight excluding hydrogens is 326 g/mol. The largest absolute Gasteiger partial charge is 0.497 e. The fourth-order valence-electron chi connectivity index (χ4n) is 2.86. The third kappa shape index (κ3) is 5.76. The number of pyridine rings is 1. The minimum absolute atomic E-state index is 0.142. The Bertz CT molecular complexity index is 680. The van der Waals surface area contributed by atoms with Gasteiger partial charge in [0.05, 0.1) is 19.0 Å². The first-order chi connectivity index (χ1) is 12.7. The summed E-state index contributed by atoms with van der Waals surface area (Å²) in [5, 5.41) is 2.93. The maximum Gasteiger partial charge on any atom is 0.269 e. The molecule has 140 valence electrons. The van der Waals surface area contributed by atoms with E-state index in [1.165, 1.54) is 0 Å². The zero-order valence-corrected chi connectivity index (χ0v) is 16.0. The van der Waals surface area contributed by atoms with Crippen molar-refractivity contribution >= 4 is 11.6 Å². The van der Waals surface area contributed by atoms with E-state index in [2.05, 4.69) is 29.0 Å². The number of nitrogens with one attached hydrogen (secondary N) is 1. The Morgan fingerprint density at radius 3 is 2.54 bits per heavy atom. The molecule has 1 heterocycles. The maximum absolute atomic E-state index is 12.3. The quantitative estimate of drug-likeness (QED) is 0.706. The van der Waals surface area contributed by atoms with Crippen molar-refractivity contribution in [3.05, 3.63) is 53.9 Å². The fourth-order valence-corrected chi connectivity index (χ4v) is 2.86. The van der Waals surface area contributed by atoms with Gasteiger partial charge in [0.15, 0.2) is 0 Å². The van der Waals surface area contributed by atoms with E-state index in [4.69, 9.17) is 4.74 Å². The van der Waals surface area contributed by atoms with Gasteiger partial charge in [-0.3, -0.25) is 4.79 Å². The number of hydrogen-bond donors (Lipinski definition) is 1. The molecule has 0 unspecified atom stereocenters. The van der Waals surface area contributed by atoms with Crippen LogP contribution in [0.4, 0.5) is 5.69 Å². The van der Waals surface area contributed by atoms with Crippen LogP contribution in [0, 0.1) is 0 Å². The number of nitrogens with zero attached hydrogens (tertiary/aromatic N) is 2. The Labute approximate surface area is 156 Å². The lowest BCUT2D eigenvalue weighted by molar-refractivity contribution is 0.0949. The molecule has 2 aromatic rings. The van der Waals surface area contributed by atoms with Crippen molar-refractivity contribution in [1.82, 2.24) is 10.3 Å². The summed E-state index contributed by atoms with van der Waals surface area (Å²) in [7, 11) is 1.65. The minimum Gasteiger partial charge on any atom is -0.497 e. The number of rotatable bonds is 10. The highest BCUT2D eigenvalue weighted by Crippen LogP contribution is 2.15. The van der Waals surface area contributed by atoms with Crippen molar-refractivity contribution < 1.29 is 9.53 Å². The first-order valence-electron chi connectivity index (χ1n) is 9.30. The number of aromatic nitrogens is 1. The SMILES string of the molecule is CCCN(CCC)c1ccc(C(=O)NCCc2cccc(OC)c2)nc1. The highest BCUT2D eigenvalue weighted by atomic mass is 16.5. The van der Waals surface area contributed by atoms with Crippen LogP contribution in [0.1, 0.15) is 42.7 Å². The average molecular weight is 355 g/mol. The second-order valence-corrected chi connectivity index (χ2v) is 6.25. The molecule has 5 nitrogen and oxygen atoms in total. The van der Waals surface area contributed by atoms with Crippen LogP contribution in [-0.4, -0.2) is 37.6 Å². The summed E-state index contributed by atoms with van der Waals surface area (Å²) in [5.74, 6) is 0.687. The summed E-state index contributed by atoms with van der Waals surface area (Å²) in [5.41, 5.74) is 2.65. The molecule has 0 spiro atoms. The van der Waals surface area contributed by atoms with Gasteiger partial charge in [0.25, 0.3) is 5.91 Å². The van der Waals surface area contributed by atoms with Gasteiger partial charge in [-0.15, -0.1) is 0 Å². The maximum atomic E-state index is 12.3. The van der Waals surface area contributed by atoms with Crippen molar-refractivity contribution in [2.75, 3.05) is 31.6 Å². The molecule has 2 rings (SSSR count). The molecule has 26 heavy (non-hydrogen) atoms. The molecule has 0 radical (unpaired) electrons. The van der Waals surface area contributed by atoms with Crippen molar-refractivity contribution in [1.29, 1.82) is 0 Å². The second-order valence-electron chi connectivity index (χ2n) is 6.25. The molecule has 1 amide bonds.